The van der Waals surface area contributed by atoms with Crippen LogP contribution >= 0.6 is 0 Å². The molecule has 1 N–H and O–H groups in total. The van der Waals surface area contributed by atoms with Gasteiger partial charge >= 0.3 is 6.18 Å². The highest BCUT2D eigenvalue weighted by Crippen LogP contribution is 2.35. The molecule has 0 bridgehead atoms. The number of fused-ring (bicyclic) bond motifs is 1. The van der Waals surface area contributed by atoms with E-state index in [1.165, 1.54) is 6.07 Å². The summed E-state index contributed by atoms with van der Waals surface area (Å²) in [7, 11) is 3.40. The molecule has 3 aromatic rings. The fourth-order valence-electron chi connectivity index (χ4n) is 2.88. The lowest BCUT2D eigenvalue weighted by Gasteiger charge is -2.20. The van der Waals surface area contributed by atoms with Gasteiger partial charge in [0.2, 0.25) is 5.91 Å². The lowest BCUT2D eigenvalue weighted by atomic mass is 10.1. The van der Waals surface area contributed by atoms with Gasteiger partial charge in [0, 0.05) is 25.7 Å². The van der Waals surface area contributed by atoms with E-state index in [2.05, 4.69) is 10.3 Å². The second-order valence-corrected chi connectivity index (χ2v) is 6.34. The number of para-hydroxylation sites is 1. The number of aromatic nitrogens is 1. The van der Waals surface area contributed by atoms with Crippen LogP contribution in [0.4, 0.5) is 24.5 Å². The summed E-state index contributed by atoms with van der Waals surface area (Å²) in [5, 5.41) is 3.51. The molecule has 2 aromatic carbocycles. The molecule has 0 fully saturated rings. The van der Waals surface area contributed by atoms with Gasteiger partial charge in [0.25, 0.3) is 0 Å². The zero-order valence-corrected chi connectivity index (χ0v) is 14.8. The minimum atomic E-state index is -4.48. The smallest absolute Gasteiger partial charge is 0.376 e. The highest BCUT2D eigenvalue weighted by atomic mass is 19.4. The Balaban J connectivity index is 1.89. The zero-order valence-electron chi connectivity index (χ0n) is 14.8. The number of hydrogen-bond acceptors (Lipinski definition) is 3. The van der Waals surface area contributed by atoms with Crippen LogP contribution in [0.5, 0.6) is 0 Å². The SMILES string of the molecule is CN(C)c1ccc(C(F)(F)F)cc1NC(=O)Cc1cccc2cccnc12. The maximum absolute atomic E-state index is 13.0. The van der Waals surface area contributed by atoms with Gasteiger partial charge in [-0.1, -0.05) is 24.3 Å². The number of hydrogen-bond donors (Lipinski definition) is 1. The average Bonchev–Trinajstić information content (AvgIpc) is 2.61. The second kappa shape index (κ2) is 7.26. The average molecular weight is 373 g/mol. The molecule has 0 saturated carbocycles. The first-order chi connectivity index (χ1) is 12.8. The van der Waals surface area contributed by atoms with Crippen LogP contribution in [0.3, 0.4) is 0 Å². The number of alkyl halides is 3. The minimum Gasteiger partial charge on any atom is -0.376 e. The Hall–Kier alpha value is -3.09. The molecule has 140 valence electrons. The fourth-order valence-corrected chi connectivity index (χ4v) is 2.88. The molecule has 1 amide bonds. The van der Waals surface area contributed by atoms with Crippen molar-refractivity contribution in [1.29, 1.82) is 0 Å². The number of anilines is 2. The van der Waals surface area contributed by atoms with Gasteiger partial charge in [-0.3, -0.25) is 9.78 Å². The lowest BCUT2D eigenvalue weighted by molar-refractivity contribution is -0.137. The van der Waals surface area contributed by atoms with E-state index in [4.69, 9.17) is 0 Å². The van der Waals surface area contributed by atoms with Crippen molar-refractivity contribution in [1.82, 2.24) is 4.98 Å². The van der Waals surface area contributed by atoms with Gasteiger partial charge in [0.15, 0.2) is 0 Å². The predicted octanol–water partition coefficient (Wildman–Crippen LogP) is 4.50. The number of pyridine rings is 1. The van der Waals surface area contributed by atoms with Crippen LogP contribution in [-0.2, 0) is 17.4 Å². The van der Waals surface area contributed by atoms with Gasteiger partial charge in [0.1, 0.15) is 0 Å². The number of nitrogens with one attached hydrogen (secondary N) is 1. The van der Waals surface area contributed by atoms with E-state index in [1.807, 2.05) is 18.2 Å². The van der Waals surface area contributed by atoms with Crippen LogP contribution < -0.4 is 10.2 Å². The zero-order chi connectivity index (χ0) is 19.6. The maximum atomic E-state index is 13.0. The summed E-state index contributed by atoms with van der Waals surface area (Å²) >= 11 is 0. The summed E-state index contributed by atoms with van der Waals surface area (Å²) < 4.78 is 39.1. The molecule has 0 aliphatic heterocycles. The van der Waals surface area contributed by atoms with Crippen molar-refractivity contribution in [3.05, 3.63) is 65.9 Å². The van der Waals surface area contributed by atoms with Gasteiger partial charge < -0.3 is 10.2 Å². The molecule has 7 heteroatoms. The van der Waals surface area contributed by atoms with E-state index in [0.29, 0.717) is 16.8 Å². The third-order valence-electron chi connectivity index (χ3n) is 4.15. The van der Waals surface area contributed by atoms with Gasteiger partial charge in [-0.25, -0.2) is 0 Å². The Morgan fingerprint density at radius 3 is 2.56 bits per heavy atom. The molecule has 1 heterocycles. The van der Waals surface area contributed by atoms with Crippen molar-refractivity contribution in [3.8, 4) is 0 Å². The standard InChI is InChI=1S/C20H18F3N3O/c1-26(2)17-9-8-15(20(21,22)23)12-16(17)25-18(27)11-14-6-3-5-13-7-4-10-24-19(13)14/h3-10,12H,11H2,1-2H3,(H,25,27). The van der Waals surface area contributed by atoms with Crippen molar-refractivity contribution in [2.75, 3.05) is 24.3 Å². The summed E-state index contributed by atoms with van der Waals surface area (Å²) in [4.78, 5) is 18.5. The third kappa shape index (κ3) is 4.19. The Bertz CT molecular complexity index is 978. The molecule has 1 aromatic heterocycles. The fraction of sp³-hybridized carbons (Fsp3) is 0.200. The molecule has 27 heavy (non-hydrogen) atoms. The first-order valence-electron chi connectivity index (χ1n) is 8.27. The van der Waals surface area contributed by atoms with Crippen LogP contribution in [-0.4, -0.2) is 25.0 Å². The maximum Gasteiger partial charge on any atom is 0.416 e. The van der Waals surface area contributed by atoms with Crippen molar-refractivity contribution >= 4 is 28.2 Å². The number of carbonyl (C=O) groups excluding carboxylic acids is 1. The van der Waals surface area contributed by atoms with Crippen molar-refractivity contribution in [3.63, 3.8) is 0 Å². The Kier molecular flexibility index (Phi) is 5.03. The molecule has 0 aliphatic rings. The lowest BCUT2D eigenvalue weighted by Crippen LogP contribution is -2.19. The molecule has 0 atom stereocenters. The van der Waals surface area contributed by atoms with E-state index < -0.39 is 17.6 Å². The number of halogens is 3. The molecule has 0 unspecified atom stereocenters. The van der Waals surface area contributed by atoms with E-state index >= 15 is 0 Å². The predicted molar refractivity (Wildman–Crippen MR) is 99.8 cm³/mol. The van der Waals surface area contributed by atoms with E-state index in [1.54, 1.807) is 37.3 Å². The van der Waals surface area contributed by atoms with Gasteiger partial charge in [-0.05, 0) is 29.8 Å². The Morgan fingerprint density at radius 2 is 1.85 bits per heavy atom. The number of amides is 1. The second-order valence-electron chi connectivity index (χ2n) is 6.34. The van der Waals surface area contributed by atoms with E-state index in [0.717, 1.165) is 17.5 Å². The molecule has 0 aliphatic carbocycles. The van der Waals surface area contributed by atoms with E-state index in [9.17, 15) is 18.0 Å². The molecule has 0 radical (unpaired) electrons. The van der Waals surface area contributed by atoms with Crippen molar-refractivity contribution in [2.45, 2.75) is 12.6 Å². The van der Waals surface area contributed by atoms with Gasteiger partial charge in [-0.2, -0.15) is 13.2 Å². The summed E-state index contributed by atoms with van der Waals surface area (Å²) in [6.07, 6.45) is -2.83. The monoisotopic (exact) mass is 373 g/mol. The molecular weight excluding hydrogens is 355 g/mol. The topological polar surface area (TPSA) is 45.2 Å². The van der Waals surface area contributed by atoms with E-state index in [-0.39, 0.29) is 12.1 Å². The summed E-state index contributed by atoms with van der Waals surface area (Å²) in [6, 6.07) is 12.5. The minimum absolute atomic E-state index is 0.0114. The highest BCUT2D eigenvalue weighted by Gasteiger charge is 2.31. The quantitative estimate of drug-likeness (QED) is 0.732. The first-order valence-corrected chi connectivity index (χ1v) is 8.27. The largest absolute Gasteiger partial charge is 0.416 e. The third-order valence-corrected chi connectivity index (χ3v) is 4.15. The number of carbonyl (C=O) groups is 1. The van der Waals surface area contributed by atoms with Crippen LogP contribution in [0.2, 0.25) is 0 Å². The molecule has 0 saturated heterocycles. The number of benzene rings is 2. The summed E-state index contributed by atoms with van der Waals surface area (Å²) in [6.45, 7) is 0. The normalized spacial score (nSPS) is 11.4. The molecule has 4 nitrogen and oxygen atoms in total. The Morgan fingerprint density at radius 1 is 1.11 bits per heavy atom. The number of rotatable bonds is 4. The molecular formula is C20H18F3N3O. The molecule has 3 rings (SSSR count). The van der Waals surface area contributed by atoms with Gasteiger partial charge in [0.05, 0.1) is 28.9 Å². The molecule has 0 spiro atoms. The van der Waals surface area contributed by atoms with Crippen LogP contribution in [0.15, 0.2) is 54.7 Å². The van der Waals surface area contributed by atoms with Crippen molar-refractivity contribution in [2.24, 2.45) is 0 Å². The highest BCUT2D eigenvalue weighted by molar-refractivity contribution is 5.97. The van der Waals surface area contributed by atoms with Gasteiger partial charge in [-0.15, -0.1) is 0 Å². The summed E-state index contributed by atoms with van der Waals surface area (Å²) in [5.74, 6) is -0.407. The van der Waals surface area contributed by atoms with Crippen LogP contribution in [0, 0.1) is 0 Å². The Labute approximate surface area is 154 Å². The summed E-state index contributed by atoms with van der Waals surface area (Å²) in [5.41, 5.74) is 1.21. The van der Waals surface area contributed by atoms with Crippen LogP contribution in [0.25, 0.3) is 10.9 Å². The van der Waals surface area contributed by atoms with Crippen LogP contribution in [0.1, 0.15) is 11.1 Å². The van der Waals surface area contributed by atoms with Crippen molar-refractivity contribution < 1.29 is 18.0 Å². The number of nitrogens with zero attached hydrogens (tertiary/aromatic N) is 2. The first kappa shape index (κ1) is 18.7.